The SMILES string of the molecule is Cc1nc(OC2CCC(c3cccc(C(F)(F)F)c3)CC2N2CCCC2)ccc1S(=O)(=O)Nc1ccncn1. The maximum Gasteiger partial charge on any atom is 0.416 e. The van der Waals surface area contributed by atoms with Crippen molar-refractivity contribution in [3.05, 3.63) is 71.8 Å². The number of pyridine rings is 1. The molecular weight excluding hydrogens is 531 g/mol. The van der Waals surface area contributed by atoms with E-state index in [4.69, 9.17) is 4.74 Å². The van der Waals surface area contributed by atoms with Crippen LogP contribution >= 0.6 is 0 Å². The highest BCUT2D eigenvalue weighted by Crippen LogP contribution is 2.40. The fourth-order valence-electron chi connectivity index (χ4n) is 5.56. The number of rotatable bonds is 7. The van der Waals surface area contributed by atoms with Gasteiger partial charge >= 0.3 is 6.18 Å². The Balaban J connectivity index is 1.33. The Morgan fingerprint density at radius 2 is 1.87 bits per heavy atom. The lowest BCUT2D eigenvalue weighted by Gasteiger charge is -2.41. The Morgan fingerprint density at radius 1 is 1.08 bits per heavy atom. The Morgan fingerprint density at radius 3 is 2.56 bits per heavy atom. The third-order valence-electron chi connectivity index (χ3n) is 7.44. The number of hydrogen-bond acceptors (Lipinski definition) is 7. The summed E-state index contributed by atoms with van der Waals surface area (Å²) < 4.78 is 74.5. The fraction of sp³-hybridized carbons (Fsp3) is 0.444. The van der Waals surface area contributed by atoms with E-state index in [0.717, 1.165) is 32.0 Å². The van der Waals surface area contributed by atoms with Gasteiger partial charge in [-0.15, -0.1) is 0 Å². The maximum absolute atomic E-state index is 13.3. The van der Waals surface area contributed by atoms with Crippen molar-refractivity contribution in [3.8, 4) is 5.88 Å². The molecule has 2 aromatic heterocycles. The molecule has 2 aliphatic rings. The number of sulfonamides is 1. The minimum Gasteiger partial charge on any atom is -0.473 e. The maximum atomic E-state index is 13.3. The summed E-state index contributed by atoms with van der Waals surface area (Å²) in [7, 11) is -3.92. The van der Waals surface area contributed by atoms with Gasteiger partial charge in [0.15, 0.2) is 0 Å². The van der Waals surface area contributed by atoms with Crippen LogP contribution in [0.3, 0.4) is 0 Å². The van der Waals surface area contributed by atoms with Crippen LogP contribution in [0, 0.1) is 6.92 Å². The third kappa shape index (κ3) is 6.33. The van der Waals surface area contributed by atoms with Crippen LogP contribution in [-0.4, -0.2) is 53.5 Å². The molecule has 1 saturated carbocycles. The largest absolute Gasteiger partial charge is 0.473 e. The monoisotopic (exact) mass is 561 g/mol. The van der Waals surface area contributed by atoms with Crippen molar-refractivity contribution in [2.24, 2.45) is 0 Å². The van der Waals surface area contributed by atoms with Gasteiger partial charge in [0.05, 0.1) is 11.3 Å². The molecule has 0 amide bonds. The summed E-state index contributed by atoms with van der Waals surface area (Å²) in [5, 5.41) is 0. The van der Waals surface area contributed by atoms with E-state index in [1.165, 1.54) is 36.8 Å². The van der Waals surface area contributed by atoms with Crippen molar-refractivity contribution in [2.45, 2.75) is 68.2 Å². The lowest BCUT2D eigenvalue weighted by Crippen LogP contribution is -2.48. The number of benzene rings is 1. The average molecular weight is 562 g/mol. The van der Waals surface area contributed by atoms with Crippen LogP contribution < -0.4 is 9.46 Å². The van der Waals surface area contributed by atoms with Gasteiger partial charge in [-0.2, -0.15) is 13.2 Å². The minimum absolute atomic E-state index is 0.00663. The highest BCUT2D eigenvalue weighted by Gasteiger charge is 2.38. The Bertz CT molecular complexity index is 1400. The number of aryl methyl sites for hydroxylation is 1. The number of halogens is 3. The van der Waals surface area contributed by atoms with Gasteiger partial charge in [0.25, 0.3) is 10.0 Å². The average Bonchev–Trinajstić information content (AvgIpc) is 3.44. The number of anilines is 1. The Labute approximate surface area is 225 Å². The van der Waals surface area contributed by atoms with Crippen LogP contribution in [0.2, 0.25) is 0 Å². The van der Waals surface area contributed by atoms with Crippen LogP contribution in [0.25, 0.3) is 0 Å². The summed E-state index contributed by atoms with van der Waals surface area (Å²) in [4.78, 5) is 14.5. The molecule has 3 aromatic rings. The van der Waals surface area contributed by atoms with Crippen molar-refractivity contribution < 1.29 is 26.3 Å². The molecule has 1 aliphatic heterocycles. The molecule has 3 atom stereocenters. The first-order valence-electron chi connectivity index (χ1n) is 12.9. The fourth-order valence-corrected chi connectivity index (χ4v) is 6.75. The molecule has 5 rings (SSSR count). The first kappa shape index (κ1) is 27.3. The predicted molar refractivity (Wildman–Crippen MR) is 139 cm³/mol. The highest BCUT2D eigenvalue weighted by molar-refractivity contribution is 7.92. The van der Waals surface area contributed by atoms with Gasteiger partial charge in [0, 0.05) is 18.3 Å². The quantitative estimate of drug-likeness (QED) is 0.425. The van der Waals surface area contributed by atoms with E-state index in [9.17, 15) is 21.6 Å². The van der Waals surface area contributed by atoms with Gasteiger partial charge in [-0.3, -0.25) is 9.62 Å². The van der Waals surface area contributed by atoms with Crippen molar-refractivity contribution in [1.29, 1.82) is 0 Å². The molecule has 208 valence electrons. The molecule has 1 N–H and O–H groups in total. The molecule has 1 saturated heterocycles. The summed E-state index contributed by atoms with van der Waals surface area (Å²) in [6.45, 7) is 3.43. The molecule has 2 fully saturated rings. The van der Waals surface area contributed by atoms with Gasteiger partial charge in [0.1, 0.15) is 23.1 Å². The minimum atomic E-state index is -4.38. The second-order valence-electron chi connectivity index (χ2n) is 10.0. The highest BCUT2D eigenvalue weighted by atomic mass is 32.2. The summed E-state index contributed by atoms with van der Waals surface area (Å²) in [6.07, 6.45) is 2.26. The summed E-state index contributed by atoms with van der Waals surface area (Å²) in [5.41, 5.74) is 0.358. The molecule has 1 aliphatic carbocycles. The number of alkyl halides is 3. The van der Waals surface area contributed by atoms with Crippen LogP contribution in [0.15, 0.2) is 59.9 Å². The van der Waals surface area contributed by atoms with Gasteiger partial charge in [-0.1, -0.05) is 18.2 Å². The van der Waals surface area contributed by atoms with Crippen LogP contribution in [0.5, 0.6) is 5.88 Å². The summed E-state index contributed by atoms with van der Waals surface area (Å²) in [6, 6.07) is 10.1. The van der Waals surface area contributed by atoms with Gasteiger partial charge < -0.3 is 4.74 Å². The van der Waals surface area contributed by atoms with Crippen molar-refractivity contribution in [2.75, 3.05) is 17.8 Å². The van der Waals surface area contributed by atoms with E-state index in [1.54, 1.807) is 19.1 Å². The topological polar surface area (TPSA) is 97.3 Å². The number of ether oxygens (including phenoxy) is 1. The van der Waals surface area contributed by atoms with Gasteiger partial charge in [-0.05, 0) is 81.8 Å². The number of nitrogens with one attached hydrogen (secondary N) is 1. The zero-order valence-corrected chi connectivity index (χ0v) is 22.3. The Kier molecular flexibility index (Phi) is 7.77. The standard InChI is InChI=1S/C27H30F3N5O3S/c1-18-24(39(36,37)34-25-11-12-31-17-32-25)9-10-26(33-18)38-23-8-7-20(16-22(23)35-13-2-3-14-35)19-5-4-6-21(15-19)27(28,29)30/h4-6,9-12,15,17,20,22-23H,2-3,7-8,13-14,16H2,1H3,(H,31,32,34). The van der Waals surface area contributed by atoms with Crippen LogP contribution in [0.1, 0.15) is 54.8 Å². The summed E-state index contributed by atoms with van der Waals surface area (Å²) >= 11 is 0. The van der Waals surface area contributed by atoms with Gasteiger partial charge in [0.2, 0.25) is 5.88 Å². The van der Waals surface area contributed by atoms with E-state index in [1.807, 2.05) is 0 Å². The first-order valence-corrected chi connectivity index (χ1v) is 14.4. The first-order chi connectivity index (χ1) is 18.6. The number of nitrogens with zero attached hydrogens (tertiary/aromatic N) is 4. The molecule has 1 aromatic carbocycles. The normalized spacial score (nSPS) is 22.5. The molecular formula is C27H30F3N5O3S. The lowest BCUT2D eigenvalue weighted by molar-refractivity contribution is -0.137. The smallest absolute Gasteiger partial charge is 0.416 e. The zero-order chi connectivity index (χ0) is 27.6. The molecule has 3 unspecified atom stereocenters. The zero-order valence-electron chi connectivity index (χ0n) is 21.4. The number of hydrogen-bond donors (Lipinski definition) is 1. The molecule has 39 heavy (non-hydrogen) atoms. The second-order valence-corrected chi connectivity index (χ2v) is 11.7. The number of likely N-dealkylation sites (tertiary alicyclic amines) is 1. The molecule has 0 spiro atoms. The van der Waals surface area contributed by atoms with Crippen molar-refractivity contribution >= 4 is 15.8 Å². The molecule has 3 heterocycles. The van der Waals surface area contributed by atoms with Crippen molar-refractivity contribution in [3.63, 3.8) is 0 Å². The molecule has 8 nitrogen and oxygen atoms in total. The molecule has 0 bridgehead atoms. The summed E-state index contributed by atoms with van der Waals surface area (Å²) in [5.74, 6) is 0.462. The second kappa shape index (κ2) is 11.1. The van der Waals surface area contributed by atoms with E-state index >= 15 is 0 Å². The van der Waals surface area contributed by atoms with Gasteiger partial charge in [-0.25, -0.2) is 23.4 Å². The van der Waals surface area contributed by atoms with E-state index in [0.29, 0.717) is 30.7 Å². The Hall–Kier alpha value is -3.25. The van der Waals surface area contributed by atoms with E-state index in [2.05, 4.69) is 24.6 Å². The lowest BCUT2D eigenvalue weighted by atomic mass is 9.79. The van der Waals surface area contributed by atoms with E-state index < -0.39 is 21.8 Å². The molecule has 12 heteroatoms. The number of aromatic nitrogens is 3. The molecule has 0 radical (unpaired) electrons. The van der Waals surface area contributed by atoms with Crippen LogP contribution in [-0.2, 0) is 16.2 Å². The third-order valence-corrected chi connectivity index (χ3v) is 8.93. The van der Waals surface area contributed by atoms with E-state index in [-0.39, 0.29) is 34.5 Å². The van der Waals surface area contributed by atoms with Crippen molar-refractivity contribution in [1.82, 2.24) is 19.9 Å². The predicted octanol–water partition coefficient (Wildman–Crippen LogP) is 5.18. The van der Waals surface area contributed by atoms with Crippen LogP contribution in [0.4, 0.5) is 19.0 Å².